The third kappa shape index (κ3) is 4.91. The van der Waals surface area contributed by atoms with Crippen LogP contribution in [-0.2, 0) is 17.9 Å². The zero-order valence-electron chi connectivity index (χ0n) is 15.6. The highest BCUT2D eigenvalue weighted by Crippen LogP contribution is 2.23. The fraction of sp³-hybridized carbons (Fsp3) is 0.550. The molecule has 1 aliphatic rings. The van der Waals surface area contributed by atoms with Crippen molar-refractivity contribution in [1.29, 1.82) is 0 Å². The Labute approximate surface area is 155 Å². The van der Waals surface area contributed by atoms with E-state index >= 15 is 0 Å². The van der Waals surface area contributed by atoms with Gasteiger partial charge < -0.3 is 10.2 Å². The summed E-state index contributed by atoms with van der Waals surface area (Å²) < 4.78 is 1.89. The van der Waals surface area contributed by atoms with Crippen molar-refractivity contribution in [3.05, 3.63) is 48.0 Å². The minimum absolute atomic E-state index is 0.121. The Hall–Kier alpha value is -2.21. The second kappa shape index (κ2) is 9.48. The van der Waals surface area contributed by atoms with Gasteiger partial charge in [-0.25, -0.2) is 0 Å². The highest BCUT2D eigenvalue weighted by Gasteiger charge is 2.21. The molecule has 3 heterocycles. The number of piperidine rings is 1. The fourth-order valence-electron chi connectivity index (χ4n) is 3.51. The summed E-state index contributed by atoms with van der Waals surface area (Å²) in [6.07, 6.45) is 9.81. The average molecular weight is 355 g/mol. The van der Waals surface area contributed by atoms with Gasteiger partial charge in [0.05, 0.1) is 0 Å². The van der Waals surface area contributed by atoms with E-state index < -0.39 is 0 Å². The molecule has 1 saturated heterocycles. The van der Waals surface area contributed by atoms with E-state index in [9.17, 15) is 4.79 Å². The number of unbranched alkanes of at least 4 members (excludes halogenated alkanes) is 1. The minimum atomic E-state index is 0.121. The van der Waals surface area contributed by atoms with Gasteiger partial charge in [-0.2, -0.15) is 5.10 Å². The third-order valence-corrected chi connectivity index (χ3v) is 4.98. The lowest BCUT2D eigenvalue weighted by Gasteiger charge is -2.26. The lowest BCUT2D eigenvalue weighted by atomic mass is 9.96. The number of nitrogens with zero attached hydrogens (tertiary/aromatic N) is 4. The van der Waals surface area contributed by atoms with Crippen LogP contribution in [0.3, 0.4) is 0 Å². The molecular formula is C20H29N5O. The molecule has 0 aliphatic carbocycles. The molecule has 6 heteroatoms. The molecule has 2 aromatic heterocycles. The molecule has 1 amide bonds. The Morgan fingerprint density at radius 3 is 3.04 bits per heavy atom. The molecule has 3 rings (SSSR count). The minimum Gasteiger partial charge on any atom is -0.337 e. The van der Waals surface area contributed by atoms with E-state index in [0.29, 0.717) is 19.0 Å². The van der Waals surface area contributed by atoms with Gasteiger partial charge in [-0.15, -0.1) is 0 Å². The van der Waals surface area contributed by atoms with Crippen LogP contribution in [0.2, 0.25) is 0 Å². The Balaban J connectivity index is 1.68. The number of rotatable bonds is 8. The van der Waals surface area contributed by atoms with Crippen molar-refractivity contribution in [3.63, 3.8) is 0 Å². The zero-order valence-corrected chi connectivity index (χ0v) is 15.6. The van der Waals surface area contributed by atoms with Gasteiger partial charge in [0.25, 0.3) is 0 Å². The molecule has 1 fully saturated rings. The van der Waals surface area contributed by atoms with Gasteiger partial charge in [0.15, 0.2) is 0 Å². The maximum absolute atomic E-state index is 13.0. The Morgan fingerprint density at radius 1 is 1.38 bits per heavy atom. The standard InChI is InChI=1S/C20H29N5O/c1-2-3-12-24(15-17-6-4-9-21-13-17)20(26)16-25-19(8-11-23-25)18-7-5-10-22-14-18/h4,6,8-9,11,13,18,22H,2-3,5,7,10,12,14-16H2,1H3/t18-/m1/s1. The van der Waals surface area contributed by atoms with E-state index in [0.717, 1.165) is 44.5 Å². The maximum Gasteiger partial charge on any atom is 0.244 e. The van der Waals surface area contributed by atoms with Gasteiger partial charge in [0.2, 0.25) is 5.91 Å². The third-order valence-electron chi connectivity index (χ3n) is 4.98. The zero-order chi connectivity index (χ0) is 18.2. The van der Waals surface area contributed by atoms with E-state index in [1.807, 2.05) is 34.1 Å². The molecule has 140 valence electrons. The quantitative estimate of drug-likeness (QED) is 0.790. The number of carbonyl (C=O) groups excluding carboxylic acids is 1. The molecule has 0 aromatic carbocycles. The van der Waals surface area contributed by atoms with E-state index in [2.05, 4.69) is 28.4 Å². The van der Waals surface area contributed by atoms with Gasteiger partial charge in [-0.1, -0.05) is 19.4 Å². The van der Waals surface area contributed by atoms with E-state index in [4.69, 9.17) is 0 Å². The monoisotopic (exact) mass is 355 g/mol. The van der Waals surface area contributed by atoms with E-state index in [-0.39, 0.29) is 5.91 Å². The van der Waals surface area contributed by atoms with Gasteiger partial charge in [0, 0.05) is 49.8 Å². The number of nitrogens with one attached hydrogen (secondary N) is 1. The van der Waals surface area contributed by atoms with Crippen LogP contribution >= 0.6 is 0 Å². The molecule has 1 aliphatic heterocycles. The van der Waals surface area contributed by atoms with Crippen LogP contribution in [-0.4, -0.2) is 45.2 Å². The van der Waals surface area contributed by atoms with Crippen LogP contribution in [0.5, 0.6) is 0 Å². The predicted molar refractivity (Wildman–Crippen MR) is 102 cm³/mol. The number of aromatic nitrogens is 3. The average Bonchev–Trinajstić information content (AvgIpc) is 3.14. The van der Waals surface area contributed by atoms with Crippen molar-refractivity contribution in [1.82, 2.24) is 25.0 Å². The summed E-state index contributed by atoms with van der Waals surface area (Å²) >= 11 is 0. The van der Waals surface area contributed by atoms with E-state index in [1.54, 1.807) is 6.20 Å². The predicted octanol–water partition coefficient (Wildman–Crippen LogP) is 2.57. The number of carbonyl (C=O) groups is 1. The van der Waals surface area contributed by atoms with Crippen LogP contribution in [0.4, 0.5) is 0 Å². The van der Waals surface area contributed by atoms with Crippen LogP contribution in [0.15, 0.2) is 36.8 Å². The number of amides is 1. The first-order chi connectivity index (χ1) is 12.8. The van der Waals surface area contributed by atoms with Crippen molar-refractivity contribution < 1.29 is 4.79 Å². The van der Waals surface area contributed by atoms with Crippen molar-refractivity contribution in [2.75, 3.05) is 19.6 Å². The van der Waals surface area contributed by atoms with Gasteiger partial charge in [-0.3, -0.25) is 14.5 Å². The topological polar surface area (TPSA) is 63.1 Å². The molecule has 0 bridgehead atoms. The molecule has 0 saturated carbocycles. The molecule has 1 N–H and O–H groups in total. The smallest absolute Gasteiger partial charge is 0.244 e. The molecule has 2 aromatic rings. The van der Waals surface area contributed by atoms with Crippen molar-refractivity contribution in [3.8, 4) is 0 Å². The lowest BCUT2D eigenvalue weighted by Crippen LogP contribution is -2.36. The van der Waals surface area contributed by atoms with Gasteiger partial charge in [0.1, 0.15) is 6.54 Å². The maximum atomic E-state index is 13.0. The first-order valence-electron chi connectivity index (χ1n) is 9.67. The number of hydrogen-bond donors (Lipinski definition) is 1. The summed E-state index contributed by atoms with van der Waals surface area (Å²) in [5.74, 6) is 0.567. The van der Waals surface area contributed by atoms with Crippen LogP contribution < -0.4 is 5.32 Å². The molecule has 26 heavy (non-hydrogen) atoms. The second-order valence-corrected chi connectivity index (χ2v) is 6.99. The Bertz CT molecular complexity index is 679. The summed E-state index contributed by atoms with van der Waals surface area (Å²) in [7, 11) is 0. The van der Waals surface area contributed by atoms with Crippen LogP contribution in [0.25, 0.3) is 0 Å². The van der Waals surface area contributed by atoms with Crippen LogP contribution in [0.1, 0.15) is 49.8 Å². The van der Waals surface area contributed by atoms with Crippen molar-refractivity contribution >= 4 is 5.91 Å². The van der Waals surface area contributed by atoms with Gasteiger partial charge in [-0.05, 0) is 43.5 Å². The van der Waals surface area contributed by atoms with Crippen molar-refractivity contribution in [2.24, 2.45) is 0 Å². The summed E-state index contributed by atoms with van der Waals surface area (Å²) in [5, 5.41) is 7.87. The highest BCUT2D eigenvalue weighted by atomic mass is 16.2. The summed E-state index contributed by atoms with van der Waals surface area (Å²) in [6, 6.07) is 5.99. The lowest BCUT2D eigenvalue weighted by molar-refractivity contribution is -0.132. The number of hydrogen-bond acceptors (Lipinski definition) is 4. The summed E-state index contributed by atoms with van der Waals surface area (Å²) in [6.45, 7) is 5.88. The summed E-state index contributed by atoms with van der Waals surface area (Å²) in [5.41, 5.74) is 2.23. The molecule has 0 unspecified atom stereocenters. The molecule has 0 radical (unpaired) electrons. The highest BCUT2D eigenvalue weighted by molar-refractivity contribution is 5.76. The molecule has 0 spiro atoms. The van der Waals surface area contributed by atoms with Gasteiger partial charge >= 0.3 is 0 Å². The largest absolute Gasteiger partial charge is 0.337 e. The normalized spacial score (nSPS) is 17.2. The first-order valence-corrected chi connectivity index (χ1v) is 9.67. The van der Waals surface area contributed by atoms with E-state index in [1.165, 1.54) is 12.1 Å². The Morgan fingerprint density at radius 2 is 2.31 bits per heavy atom. The molecular weight excluding hydrogens is 326 g/mol. The SMILES string of the molecule is CCCCN(Cc1cccnc1)C(=O)Cn1nccc1[C@@H]1CCCNC1. The summed E-state index contributed by atoms with van der Waals surface area (Å²) in [4.78, 5) is 19.1. The molecule has 1 atom stereocenters. The molecule has 6 nitrogen and oxygen atoms in total. The second-order valence-electron chi connectivity index (χ2n) is 6.99. The Kier molecular flexibility index (Phi) is 6.77. The van der Waals surface area contributed by atoms with Crippen molar-refractivity contribution in [2.45, 2.75) is 51.6 Å². The first kappa shape index (κ1) is 18.6. The fourth-order valence-corrected chi connectivity index (χ4v) is 3.51. The number of pyridine rings is 1. The van der Waals surface area contributed by atoms with Crippen LogP contribution in [0, 0.1) is 0 Å².